The maximum Gasteiger partial charge on any atom is 0.191 e. The lowest BCUT2D eigenvalue weighted by atomic mass is 10.0. The molecular formula is C14H28IN3O2. The molecule has 1 heterocycles. The van der Waals surface area contributed by atoms with Gasteiger partial charge in [-0.1, -0.05) is 0 Å². The van der Waals surface area contributed by atoms with Crippen LogP contribution in [0.5, 0.6) is 0 Å². The van der Waals surface area contributed by atoms with Crippen molar-refractivity contribution in [2.45, 2.75) is 38.1 Å². The van der Waals surface area contributed by atoms with Gasteiger partial charge in [-0.3, -0.25) is 4.99 Å². The monoisotopic (exact) mass is 397 g/mol. The van der Waals surface area contributed by atoms with E-state index < -0.39 is 0 Å². The molecule has 0 amide bonds. The van der Waals surface area contributed by atoms with E-state index in [-0.39, 0.29) is 24.0 Å². The SMILES string of the molecule is CN(C(N)=NCCCOCC1CCOCC1)C1CC1.I. The minimum Gasteiger partial charge on any atom is -0.381 e. The minimum atomic E-state index is 0. The van der Waals surface area contributed by atoms with Gasteiger partial charge in [-0.25, -0.2) is 0 Å². The summed E-state index contributed by atoms with van der Waals surface area (Å²) in [5.41, 5.74) is 5.91. The molecule has 2 aliphatic rings. The fourth-order valence-electron chi connectivity index (χ4n) is 2.28. The van der Waals surface area contributed by atoms with E-state index in [1.807, 2.05) is 7.05 Å². The molecule has 1 saturated carbocycles. The van der Waals surface area contributed by atoms with Crippen molar-refractivity contribution in [3.63, 3.8) is 0 Å². The second-order valence-corrected chi connectivity index (χ2v) is 5.57. The summed E-state index contributed by atoms with van der Waals surface area (Å²) in [5, 5.41) is 0. The molecular weight excluding hydrogens is 369 g/mol. The highest BCUT2D eigenvalue weighted by molar-refractivity contribution is 14.0. The molecule has 2 fully saturated rings. The number of hydrogen-bond acceptors (Lipinski definition) is 3. The molecule has 0 bridgehead atoms. The average Bonchev–Trinajstić information content (AvgIpc) is 3.27. The molecule has 2 rings (SSSR count). The predicted octanol–water partition coefficient (Wildman–Crippen LogP) is 1.85. The highest BCUT2D eigenvalue weighted by atomic mass is 127. The van der Waals surface area contributed by atoms with Crippen molar-refractivity contribution in [3.05, 3.63) is 0 Å². The van der Waals surface area contributed by atoms with Crippen LogP contribution in [-0.4, -0.2) is 56.9 Å². The van der Waals surface area contributed by atoms with Crippen molar-refractivity contribution in [3.8, 4) is 0 Å². The van der Waals surface area contributed by atoms with E-state index in [0.717, 1.165) is 52.2 Å². The number of guanidine groups is 1. The first-order chi connectivity index (χ1) is 9.27. The standard InChI is InChI=1S/C14H27N3O2.HI/c1-17(13-3-4-13)14(15)16-7-2-8-19-11-12-5-9-18-10-6-12;/h12-13H,2-11H2,1H3,(H2,15,16);1H. The first-order valence-corrected chi connectivity index (χ1v) is 7.45. The maximum absolute atomic E-state index is 5.91. The average molecular weight is 397 g/mol. The number of nitrogens with zero attached hydrogens (tertiary/aromatic N) is 2. The van der Waals surface area contributed by atoms with E-state index in [0.29, 0.717) is 17.9 Å². The molecule has 2 N–H and O–H groups in total. The lowest BCUT2D eigenvalue weighted by molar-refractivity contribution is 0.0205. The van der Waals surface area contributed by atoms with Crippen LogP contribution in [0.15, 0.2) is 4.99 Å². The Morgan fingerprint density at radius 2 is 2.00 bits per heavy atom. The van der Waals surface area contributed by atoms with Crippen molar-refractivity contribution in [1.29, 1.82) is 0 Å². The molecule has 1 aliphatic carbocycles. The fourth-order valence-corrected chi connectivity index (χ4v) is 2.28. The Morgan fingerprint density at radius 1 is 1.30 bits per heavy atom. The molecule has 1 saturated heterocycles. The molecule has 0 aromatic heterocycles. The molecule has 118 valence electrons. The van der Waals surface area contributed by atoms with Gasteiger partial charge < -0.3 is 20.1 Å². The van der Waals surface area contributed by atoms with Gasteiger partial charge in [0.25, 0.3) is 0 Å². The third kappa shape index (κ3) is 6.58. The zero-order valence-electron chi connectivity index (χ0n) is 12.4. The summed E-state index contributed by atoms with van der Waals surface area (Å²) in [4.78, 5) is 6.48. The Hall–Kier alpha value is -0.0800. The number of hydrogen-bond donors (Lipinski definition) is 1. The molecule has 0 unspecified atom stereocenters. The number of aliphatic imine (C=N–C) groups is 1. The highest BCUT2D eigenvalue weighted by Gasteiger charge is 2.27. The van der Waals surface area contributed by atoms with Crippen LogP contribution < -0.4 is 5.73 Å². The molecule has 0 aromatic carbocycles. The van der Waals surface area contributed by atoms with E-state index in [9.17, 15) is 0 Å². The number of ether oxygens (including phenoxy) is 2. The van der Waals surface area contributed by atoms with E-state index in [1.165, 1.54) is 12.8 Å². The van der Waals surface area contributed by atoms with Gasteiger partial charge in [0.05, 0.1) is 0 Å². The molecule has 5 nitrogen and oxygen atoms in total. The van der Waals surface area contributed by atoms with Crippen LogP contribution in [-0.2, 0) is 9.47 Å². The van der Waals surface area contributed by atoms with Crippen LogP contribution in [0, 0.1) is 5.92 Å². The predicted molar refractivity (Wildman–Crippen MR) is 91.7 cm³/mol. The summed E-state index contributed by atoms with van der Waals surface area (Å²) < 4.78 is 11.0. The van der Waals surface area contributed by atoms with E-state index in [2.05, 4.69) is 9.89 Å². The van der Waals surface area contributed by atoms with Crippen LogP contribution in [0.1, 0.15) is 32.1 Å². The number of nitrogens with two attached hydrogens (primary N) is 1. The van der Waals surface area contributed by atoms with Gasteiger partial charge in [-0.05, 0) is 38.0 Å². The van der Waals surface area contributed by atoms with Gasteiger partial charge in [-0.15, -0.1) is 24.0 Å². The molecule has 1 aliphatic heterocycles. The number of rotatable bonds is 7. The molecule has 20 heavy (non-hydrogen) atoms. The Labute approximate surface area is 139 Å². The lowest BCUT2D eigenvalue weighted by Gasteiger charge is -2.21. The molecule has 6 heteroatoms. The normalized spacial score (nSPS) is 20.6. The Balaban J connectivity index is 0.00000200. The third-order valence-electron chi connectivity index (χ3n) is 3.87. The van der Waals surface area contributed by atoms with E-state index in [4.69, 9.17) is 15.2 Å². The quantitative estimate of drug-likeness (QED) is 0.308. The molecule has 0 atom stereocenters. The van der Waals surface area contributed by atoms with Crippen molar-refractivity contribution in [1.82, 2.24) is 4.90 Å². The van der Waals surface area contributed by atoms with Crippen LogP contribution in [0.2, 0.25) is 0 Å². The summed E-state index contributed by atoms with van der Waals surface area (Å²) in [6, 6.07) is 0.633. The van der Waals surface area contributed by atoms with Crippen molar-refractivity contribution in [2.24, 2.45) is 16.6 Å². The van der Waals surface area contributed by atoms with Gasteiger partial charge in [0, 0.05) is 46.1 Å². The Morgan fingerprint density at radius 3 is 2.65 bits per heavy atom. The van der Waals surface area contributed by atoms with Crippen LogP contribution in [0.25, 0.3) is 0 Å². The second-order valence-electron chi connectivity index (χ2n) is 5.57. The minimum absolute atomic E-state index is 0. The fraction of sp³-hybridized carbons (Fsp3) is 0.929. The van der Waals surface area contributed by atoms with Gasteiger partial charge >= 0.3 is 0 Å². The van der Waals surface area contributed by atoms with E-state index >= 15 is 0 Å². The molecule has 0 aromatic rings. The first kappa shape index (κ1) is 18.0. The zero-order chi connectivity index (χ0) is 13.5. The Kier molecular flexibility index (Phi) is 8.79. The molecule has 0 spiro atoms. The third-order valence-corrected chi connectivity index (χ3v) is 3.87. The Bertz CT molecular complexity index is 292. The van der Waals surface area contributed by atoms with Gasteiger partial charge in [-0.2, -0.15) is 0 Å². The summed E-state index contributed by atoms with van der Waals surface area (Å²) in [6.07, 6.45) is 5.72. The summed E-state index contributed by atoms with van der Waals surface area (Å²) in [7, 11) is 2.03. The molecule has 0 radical (unpaired) electrons. The first-order valence-electron chi connectivity index (χ1n) is 7.45. The maximum atomic E-state index is 5.91. The second kappa shape index (κ2) is 9.78. The van der Waals surface area contributed by atoms with Crippen molar-refractivity contribution < 1.29 is 9.47 Å². The van der Waals surface area contributed by atoms with Crippen LogP contribution in [0.4, 0.5) is 0 Å². The lowest BCUT2D eigenvalue weighted by Crippen LogP contribution is -2.35. The largest absolute Gasteiger partial charge is 0.381 e. The zero-order valence-corrected chi connectivity index (χ0v) is 14.8. The van der Waals surface area contributed by atoms with Gasteiger partial charge in [0.15, 0.2) is 5.96 Å². The van der Waals surface area contributed by atoms with E-state index in [1.54, 1.807) is 0 Å². The summed E-state index contributed by atoms with van der Waals surface area (Å²) in [5.74, 6) is 1.36. The number of halogens is 1. The summed E-state index contributed by atoms with van der Waals surface area (Å²) >= 11 is 0. The topological polar surface area (TPSA) is 60.1 Å². The van der Waals surface area contributed by atoms with Crippen molar-refractivity contribution in [2.75, 3.05) is 40.0 Å². The smallest absolute Gasteiger partial charge is 0.191 e. The summed E-state index contributed by atoms with van der Waals surface area (Å²) in [6.45, 7) is 4.19. The van der Waals surface area contributed by atoms with Crippen LogP contribution in [0.3, 0.4) is 0 Å². The van der Waals surface area contributed by atoms with Gasteiger partial charge in [0.1, 0.15) is 0 Å². The highest BCUT2D eigenvalue weighted by Crippen LogP contribution is 2.24. The van der Waals surface area contributed by atoms with Crippen molar-refractivity contribution >= 4 is 29.9 Å². The van der Waals surface area contributed by atoms with Crippen LogP contribution >= 0.6 is 24.0 Å². The van der Waals surface area contributed by atoms with Gasteiger partial charge in [0.2, 0.25) is 0 Å².